The van der Waals surface area contributed by atoms with Gasteiger partial charge >= 0.3 is 0 Å². The number of ether oxygens (including phenoxy) is 3. The van der Waals surface area contributed by atoms with Crippen molar-refractivity contribution in [1.29, 1.82) is 0 Å². The van der Waals surface area contributed by atoms with Crippen molar-refractivity contribution in [1.82, 2.24) is 10.2 Å². The third-order valence-electron chi connectivity index (χ3n) is 14.7. The van der Waals surface area contributed by atoms with E-state index in [1.807, 2.05) is 6.92 Å². The van der Waals surface area contributed by atoms with E-state index >= 15 is 0 Å². The topological polar surface area (TPSA) is 178 Å². The summed E-state index contributed by atoms with van der Waals surface area (Å²) in [6.07, 6.45) is 3.12. The Bertz CT molecular complexity index is 1320. The molecule has 0 bridgehead atoms. The zero-order chi connectivity index (χ0) is 35.1. The van der Waals surface area contributed by atoms with Crippen LogP contribution >= 0.6 is 0 Å². The summed E-state index contributed by atoms with van der Waals surface area (Å²) in [6, 6.07) is -0.608. The van der Waals surface area contributed by atoms with Crippen LogP contribution in [-0.2, 0) is 23.8 Å². The predicted octanol–water partition coefficient (Wildman–Crippen LogP) is 0.908. The molecule has 15 atom stereocenters. The van der Waals surface area contributed by atoms with Crippen molar-refractivity contribution < 1.29 is 49.3 Å². The van der Waals surface area contributed by atoms with Gasteiger partial charge in [0.1, 0.15) is 18.4 Å². The molecule has 6 fully saturated rings. The number of piperidine rings is 1. The zero-order valence-electron chi connectivity index (χ0n) is 29.6. The molecule has 7 rings (SSSR count). The minimum absolute atomic E-state index is 0.0295. The van der Waals surface area contributed by atoms with Gasteiger partial charge in [0.25, 0.3) is 0 Å². The highest BCUT2D eigenvalue weighted by molar-refractivity contribution is 5.95. The highest BCUT2D eigenvalue weighted by atomic mass is 16.5. The maximum absolute atomic E-state index is 13.9. The van der Waals surface area contributed by atoms with Gasteiger partial charge in [-0.2, -0.15) is 0 Å². The quantitative estimate of drug-likeness (QED) is 0.142. The molecule has 3 heterocycles. The maximum Gasteiger partial charge on any atom is 0.239 e. The molecule has 0 aromatic rings. The second-order valence-electron chi connectivity index (χ2n) is 17.1. The number of aliphatic hydroxyl groups excluding tert-OH is 3. The maximum atomic E-state index is 13.9. The van der Waals surface area contributed by atoms with Gasteiger partial charge in [0.15, 0.2) is 5.78 Å². The lowest BCUT2D eigenvalue weighted by Gasteiger charge is -2.60. The van der Waals surface area contributed by atoms with Crippen LogP contribution in [0.1, 0.15) is 78.6 Å². The summed E-state index contributed by atoms with van der Waals surface area (Å²) in [4.78, 5) is 28.4. The molecule has 49 heavy (non-hydrogen) atoms. The number of fused-ring (bicyclic) bond motifs is 6. The monoisotopic (exact) mass is 690 g/mol. The summed E-state index contributed by atoms with van der Waals surface area (Å²) >= 11 is 0. The second-order valence-corrected chi connectivity index (χ2v) is 17.1. The van der Waals surface area contributed by atoms with E-state index in [0.29, 0.717) is 58.4 Å². The lowest BCUT2D eigenvalue weighted by atomic mass is 9.46. The van der Waals surface area contributed by atoms with Crippen LogP contribution in [0.25, 0.3) is 0 Å². The fourth-order valence-electron chi connectivity index (χ4n) is 11.7. The number of carbonyl (C=O) groups is 2. The van der Waals surface area contributed by atoms with E-state index in [9.17, 15) is 35.1 Å². The molecule has 0 aromatic carbocycles. The molecule has 7 aliphatic rings. The standard InChI is InChI=1S/C37H58N2O10/c1-34-9-6-20(48-15-5-14-47-4)16-25(34)27(41)18-24-23(34)7-10-35(2)28(8-11-37(24,35)46)36(3,45)31(42)29-22(19-40)21-17-26(33(44)39-12-13-39)38-32(43)30(21)49-29/h18,20-23,25-26,28-32,38,40,42-43,45-46H,5-17,19H2,1-4H3/t20-,21+,22+,23-,25-,26-,28-,29-,30+,31+,32-,34+,35+,36-,37+/m0/s1. The smallest absolute Gasteiger partial charge is 0.239 e. The minimum Gasteiger partial charge on any atom is -0.396 e. The van der Waals surface area contributed by atoms with Crippen LogP contribution in [0.5, 0.6) is 0 Å². The molecule has 3 saturated heterocycles. The van der Waals surface area contributed by atoms with Gasteiger partial charge in [-0.05, 0) is 99.5 Å². The van der Waals surface area contributed by atoms with E-state index in [1.54, 1.807) is 25.0 Å². The van der Waals surface area contributed by atoms with Gasteiger partial charge in [-0.15, -0.1) is 0 Å². The van der Waals surface area contributed by atoms with E-state index < -0.39 is 65.0 Å². The zero-order valence-corrected chi connectivity index (χ0v) is 29.6. The molecule has 276 valence electrons. The Labute approximate surface area is 289 Å². The van der Waals surface area contributed by atoms with Gasteiger partial charge in [0.2, 0.25) is 5.91 Å². The molecule has 0 unspecified atom stereocenters. The SMILES string of the molecule is COCCCO[C@H]1CC[C@@]2(C)[C@@H](C1)C(=O)C=C1[C@@H]2CC[C@]2(C)[C@@H]([C@](C)(O)[C@H](O)[C@H]3O[C@@H]4[C@H](C[C@@H](C(=O)N5CC5)N[C@H]4O)[C@H]3CO)CC[C@@]12O. The first-order valence-corrected chi connectivity index (χ1v) is 18.7. The number of methoxy groups -OCH3 is 1. The number of rotatable bonds is 10. The summed E-state index contributed by atoms with van der Waals surface area (Å²) in [5.41, 5.74) is -3.40. The third-order valence-corrected chi connectivity index (χ3v) is 14.7. The van der Waals surface area contributed by atoms with Crippen LogP contribution in [0.2, 0.25) is 0 Å². The molecule has 3 saturated carbocycles. The lowest BCUT2D eigenvalue weighted by molar-refractivity contribution is -0.202. The van der Waals surface area contributed by atoms with Gasteiger partial charge in [0, 0.05) is 57.3 Å². The Kier molecular flexibility index (Phi) is 9.43. The lowest BCUT2D eigenvalue weighted by Crippen LogP contribution is -2.63. The summed E-state index contributed by atoms with van der Waals surface area (Å²) in [5.74, 6) is -1.72. The average molecular weight is 691 g/mol. The van der Waals surface area contributed by atoms with E-state index in [4.69, 9.17) is 14.2 Å². The van der Waals surface area contributed by atoms with E-state index in [2.05, 4.69) is 12.2 Å². The number of aliphatic hydroxyl groups is 5. The number of hydrogen-bond donors (Lipinski definition) is 6. The van der Waals surface area contributed by atoms with E-state index in [0.717, 1.165) is 31.3 Å². The van der Waals surface area contributed by atoms with Crippen molar-refractivity contribution in [3.05, 3.63) is 11.6 Å². The molecule has 0 spiro atoms. The Morgan fingerprint density at radius 3 is 2.59 bits per heavy atom. The highest BCUT2D eigenvalue weighted by Gasteiger charge is 2.70. The Balaban J connectivity index is 1.10. The Hall–Kier alpha value is -1.48. The van der Waals surface area contributed by atoms with Crippen molar-refractivity contribution >= 4 is 11.7 Å². The average Bonchev–Trinajstić information content (AvgIpc) is 3.78. The molecular formula is C37H58N2O10. The molecule has 3 aliphatic heterocycles. The molecular weight excluding hydrogens is 632 g/mol. The first-order valence-electron chi connectivity index (χ1n) is 18.7. The van der Waals surface area contributed by atoms with Crippen molar-refractivity contribution in [2.45, 2.75) is 126 Å². The van der Waals surface area contributed by atoms with Crippen LogP contribution < -0.4 is 5.32 Å². The number of ketones is 1. The number of amides is 1. The molecule has 4 aliphatic carbocycles. The molecule has 12 heteroatoms. The van der Waals surface area contributed by atoms with Gasteiger partial charge in [0.05, 0.1) is 29.5 Å². The van der Waals surface area contributed by atoms with Crippen LogP contribution in [0.4, 0.5) is 0 Å². The van der Waals surface area contributed by atoms with Crippen molar-refractivity contribution in [3.63, 3.8) is 0 Å². The largest absolute Gasteiger partial charge is 0.396 e. The molecule has 12 nitrogen and oxygen atoms in total. The van der Waals surface area contributed by atoms with Gasteiger partial charge in [-0.25, -0.2) is 0 Å². The van der Waals surface area contributed by atoms with Gasteiger partial charge in [-0.1, -0.05) is 13.8 Å². The second kappa shape index (κ2) is 12.9. The summed E-state index contributed by atoms with van der Waals surface area (Å²) in [7, 11) is 1.68. The summed E-state index contributed by atoms with van der Waals surface area (Å²) in [6.45, 7) is 8.08. The fourth-order valence-corrected chi connectivity index (χ4v) is 11.7. The first-order chi connectivity index (χ1) is 23.2. The third kappa shape index (κ3) is 5.58. The fraction of sp³-hybridized carbons (Fsp3) is 0.892. The molecule has 0 radical (unpaired) electrons. The predicted molar refractivity (Wildman–Crippen MR) is 177 cm³/mol. The highest BCUT2D eigenvalue weighted by Crippen LogP contribution is 2.69. The number of carbonyl (C=O) groups excluding carboxylic acids is 2. The Morgan fingerprint density at radius 2 is 1.90 bits per heavy atom. The molecule has 6 N–H and O–H groups in total. The van der Waals surface area contributed by atoms with E-state index in [1.165, 1.54) is 0 Å². The van der Waals surface area contributed by atoms with Crippen molar-refractivity contribution in [2.75, 3.05) is 40.0 Å². The van der Waals surface area contributed by atoms with E-state index in [-0.39, 0.29) is 41.7 Å². The van der Waals surface area contributed by atoms with Crippen molar-refractivity contribution in [3.8, 4) is 0 Å². The minimum atomic E-state index is -1.73. The van der Waals surface area contributed by atoms with Crippen molar-refractivity contribution in [2.24, 2.45) is 40.4 Å². The van der Waals surface area contributed by atoms with Crippen LogP contribution in [0.15, 0.2) is 11.6 Å². The molecule has 1 amide bonds. The normalized spacial score (nSPS) is 47.7. The number of allylic oxidation sites excluding steroid dienone is 1. The first kappa shape index (κ1) is 35.9. The number of nitrogens with zero attached hydrogens (tertiary/aromatic N) is 1. The van der Waals surface area contributed by atoms with Gasteiger partial charge in [-0.3, -0.25) is 14.9 Å². The van der Waals surface area contributed by atoms with Crippen LogP contribution in [0.3, 0.4) is 0 Å². The Morgan fingerprint density at radius 1 is 1.14 bits per heavy atom. The number of nitrogens with one attached hydrogen (secondary N) is 1. The summed E-state index contributed by atoms with van der Waals surface area (Å²) in [5, 5.41) is 61.5. The summed E-state index contributed by atoms with van der Waals surface area (Å²) < 4.78 is 17.6. The van der Waals surface area contributed by atoms with Crippen LogP contribution in [0, 0.1) is 40.4 Å². The molecule has 0 aromatic heterocycles. The van der Waals surface area contributed by atoms with Crippen LogP contribution in [-0.4, -0.2) is 130 Å². The number of hydrogen-bond acceptors (Lipinski definition) is 11. The van der Waals surface area contributed by atoms with Gasteiger partial charge < -0.3 is 44.6 Å².